The molecule has 0 aromatic heterocycles. The molecule has 0 aliphatic carbocycles. The first-order chi connectivity index (χ1) is 12.4. The van der Waals surface area contributed by atoms with Crippen molar-refractivity contribution >= 4 is 40.2 Å². The van der Waals surface area contributed by atoms with Gasteiger partial charge in [0, 0.05) is 14.2 Å². The molecule has 8 heteroatoms. The first-order valence-electron chi connectivity index (χ1n) is 8.96. The fraction of sp³-hybridized carbons (Fsp3) is 0.778. The smallest absolute Gasteiger partial charge is 0.192 e. The second kappa shape index (κ2) is 15.4. The number of methoxy groups -OCH3 is 2. The van der Waals surface area contributed by atoms with Crippen molar-refractivity contribution in [2.24, 2.45) is 0 Å². The zero-order valence-corrected chi connectivity index (χ0v) is 20.8. The van der Waals surface area contributed by atoms with Crippen LogP contribution < -0.4 is 0 Å². The van der Waals surface area contributed by atoms with E-state index in [1.807, 2.05) is 6.08 Å². The van der Waals surface area contributed by atoms with Gasteiger partial charge in [-0.1, -0.05) is 32.9 Å². The lowest BCUT2D eigenvalue weighted by Gasteiger charge is -2.39. The maximum absolute atomic E-state index is 6.77. The largest absolute Gasteiger partial charge is 0.408 e. The number of halogens is 2. The zero-order chi connectivity index (χ0) is 20.0. The lowest BCUT2D eigenvalue weighted by atomic mass is 10.0. The highest BCUT2D eigenvalue weighted by molar-refractivity contribution is 9.28. The van der Waals surface area contributed by atoms with E-state index in [2.05, 4.69) is 59.2 Å². The van der Waals surface area contributed by atoms with Crippen molar-refractivity contribution in [1.29, 1.82) is 0 Å². The first-order valence-corrected chi connectivity index (χ1v) is 13.1. The van der Waals surface area contributed by atoms with Gasteiger partial charge in [0.2, 0.25) is 0 Å². The van der Waals surface area contributed by atoms with Crippen molar-refractivity contribution in [1.82, 2.24) is 0 Å². The average Bonchev–Trinajstić information content (AvgIpc) is 2.65. The van der Waals surface area contributed by atoms with Crippen molar-refractivity contribution in [3.8, 4) is 0 Å². The van der Waals surface area contributed by atoms with Crippen molar-refractivity contribution in [2.75, 3.05) is 27.8 Å². The van der Waals surface area contributed by atoms with Crippen LogP contribution in [0.5, 0.6) is 0 Å². The van der Waals surface area contributed by atoms with Gasteiger partial charge in [-0.25, -0.2) is 0 Å². The SMILES string of the molecule is C=C[C@@H](OCOC)[C@H](O[Si](CC)(CC)CC)[C@@H](CC=C(Br)Br)OCOC. The molecule has 0 unspecified atom stereocenters. The molecule has 0 radical (unpaired) electrons. The molecule has 0 aromatic rings. The van der Waals surface area contributed by atoms with Crippen LogP contribution in [0.4, 0.5) is 0 Å². The van der Waals surface area contributed by atoms with E-state index >= 15 is 0 Å². The van der Waals surface area contributed by atoms with Gasteiger partial charge in [-0.2, -0.15) is 0 Å². The number of hydrogen-bond donors (Lipinski definition) is 0. The normalized spacial score (nSPS) is 15.3. The molecule has 154 valence electrons. The van der Waals surface area contributed by atoms with Gasteiger partial charge in [0.1, 0.15) is 25.8 Å². The minimum absolute atomic E-state index is 0.171. The summed E-state index contributed by atoms with van der Waals surface area (Å²) in [6.45, 7) is 10.9. The van der Waals surface area contributed by atoms with E-state index in [9.17, 15) is 0 Å². The zero-order valence-electron chi connectivity index (χ0n) is 16.6. The standard InChI is InChI=1S/C18H34Br2O5Si/c1-7-15(23-13-21-5)18(25-26(8-2,9-3)10-4)16(24-14-22-6)11-12-17(19)20/h7,12,15-16,18H,1,8-11,13-14H2,2-6H3/t15-,16-,18+/m1/s1. The van der Waals surface area contributed by atoms with Gasteiger partial charge in [0.25, 0.3) is 0 Å². The van der Waals surface area contributed by atoms with Gasteiger partial charge in [-0.15, -0.1) is 6.58 Å². The van der Waals surface area contributed by atoms with E-state index in [1.165, 1.54) is 0 Å². The third kappa shape index (κ3) is 9.59. The fourth-order valence-electron chi connectivity index (χ4n) is 2.74. The Balaban J connectivity index is 5.69. The second-order valence-electron chi connectivity index (χ2n) is 5.94. The summed E-state index contributed by atoms with van der Waals surface area (Å²) in [6, 6.07) is 3.12. The minimum Gasteiger partial charge on any atom is -0.408 e. The molecule has 0 amide bonds. The van der Waals surface area contributed by atoms with Gasteiger partial charge in [0.05, 0.1) is 9.50 Å². The average molecular weight is 518 g/mol. The van der Waals surface area contributed by atoms with Crippen LogP contribution in [0, 0.1) is 0 Å². The van der Waals surface area contributed by atoms with Crippen molar-refractivity contribution in [3.63, 3.8) is 0 Å². The summed E-state index contributed by atoms with van der Waals surface area (Å²) in [4.78, 5) is 0. The van der Waals surface area contributed by atoms with Crippen LogP contribution in [-0.2, 0) is 23.4 Å². The number of rotatable bonds is 16. The van der Waals surface area contributed by atoms with Gasteiger partial charge < -0.3 is 23.4 Å². The van der Waals surface area contributed by atoms with Crippen molar-refractivity contribution < 1.29 is 23.4 Å². The lowest BCUT2D eigenvalue weighted by molar-refractivity contribution is -0.151. The summed E-state index contributed by atoms with van der Waals surface area (Å²) >= 11 is 6.81. The van der Waals surface area contributed by atoms with Crippen LogP contribution in [-0.4, -0.2) is 54.4 Å². The fourth-order valence-corrected chi connectivity index (χ4v) is 5.98. The molecule has 0 saturated heterocycles. The van der Waals surface area contributed by atoms with Crippen molar-refractivity contribution in [2.45, 2.75) is 63.6 Å². The summed E-state index contributed by atoms with van der Waals surface area (Å²) in [7, 11) is 1.32. The Morgan fingerprint density at radius 1 is 1.00 bits per heavy atom. The Kier molecular flexibility index (Phi) is 15.7. The molecule has 0 rings (SSSR count). The quantitative estimate of drug-likeness (QED) is 0.152. The highest BCUT2D eigenvalue weighted by Crippen LogP contribution is 2.29. The third-order valence-electron chi connectivity index (χ3n) is 4.52. The Bertz CT molecular complexity index is 393. The summed E-state index contributed by atoms with van der Waals surface area (Å²) in [5.74, 6) is 0. The summed E-state index contributed by atoms with van der Waals surface area (Å²) in [5.41, 5.74) is 0. The highest BCUT2D eigenvalue weighted by atomic mass is 79.9. The van der Waals surface area contributed by atoms with Crippen LogP contribution in [0.1, 0.15) is 27.2 Å². The molecular weight excluding hydrogens is 484 g/mol. The van der Waals surface area contributed by atoms with Gasteiger partial charge in [-0.05, 0) is 56.4 Å². The molecule has 0 spiro atoms. The monoisotopic (exact) mass is 516 g/mol. The van der Waals surface area contributed by atoms with Crippen LogP contribution in [0.2, 0.25) is 18.1 Å². The van der Waals surface area contributed by atoms with E-state index in [4.69, 9.17) is 23.4 Å². The molecule has 0 aromatic carbocycles. The van der Waals surface area contributed by atoms with Gasteiger partial charge in [-0.3, -0.25) is 0 Å². The lowest BCUT2D eigenvalue weighted by Crippen LogP contribution is -2.50. The molecular formula is C18H34Br2O5Si. The molecule has 0 aliphatic heterocycles. The van der Waals surface area contributed by atoms with E-state index in [0.29, 0.717) is 6.42 Å². The maximum atomic E-state index is 6.77. The molecule has 26 heavy (non-hydrogen) atoms. The minimum atomic E-state index is -1.89. The Labute approximate surface area is 176 Å². The summed E-state index contributed by atoms with van der Waals surface area (Å²) in [6.07, 6.45) is 3.54. The van der Waals surface area contributed by atoms with Gasteiger partial charge in [0.15, 0.2) is 8.32 Å². The first kappa shape index (κ1) is 26.5. The molecule has 0 N–H and O–H groups in total. The van der Waals surface area contributed by atoms with E-state index < -0.39 is 8.32 Å². The molecule has 0 aliphatic rings. The molecule has 0 fully saturated rings. The predicted octanol–water partition coefficient (Wildman–Crippen LogP) is 5.56. The van der Waals surface area contributed by atoms with Gasteiger partial charge >= 0.3 is 0 Å². The van der Waals surface area contributed by atoms with Crippen LogP contribution in [0.25, 0.3) is 0 Å². The van der Waals surface area contributed by atoms with E-state index in [0.717, 1.165) is 21.5 Å². The van der Waals surface area contributed by atoms with Crippen LogP contribution in [0.3, 0.4) is 0 Å². The summed E-state index contributed by atoms with van der Waals surface area (Å²) in [5, 5.41) is 0. The second-order valence-corrected chi connectivity index (χ2v) is 13.4. The number of hydrogen-bond acceptors (Lipinski definition) is 5. The van der Waals surface area contributed by atoms with Crippen molar-refractivity contribution in [3.05, 3.63) is 22.1 Å². The topological polar surface area (TPSA) is 46.2 Å². The summed E-state index contributed by atoms with van der Waals surface area (Å²) < 4.78 is 29.7. The van der Waals surface area contributed by atoms with Crippen LogP contribution in [0.15, 0.2) is 22.1 Å². The maximum Gasteiger partial charge on any atom is 0.192 e. The number of ether oxygens (including phenoxy) is 4. The molecule has 0 bridgehead atoms. The van der Waals surface area contributed by atoms with E-state index in [-0.39, 0.29) is 31.9 Å². The Hall–Kier alpha value is 0.457. The van der Waals surface area contributed by atoms with Crippen LogP contribution >= 0.6 is 31.9 Å². The molecule has 0 saturated carbocycles. The Morgan fingerprint density at radius 2 is 1.54 bits per heavy atom. The third-order valence-corrected chi connectivity index (χ3v) is 9.81. The molecule has 5 nitrogen and oxygen atoms in total. The molecule has 0 heterocycles. The molecule has 3 atom stereocenters. The highest BCUT2D eigenvalue weighted by Gasteiger charge is 2.39. The Morgan fingerprint density at radius 3 is 1.96 bits per heavy atom. The predicted molar refractivity (Wildman–Crippen MR) is 116 cm³/mol. The van der Waals surface area contributed by atoms with E-state index in [1.54, 1.807) is 20.3 Å².